The highest BCUT2D eigenvalue weighted by Crippen LogP contribution is 2.38. The van der Waals surface area contributed by atoms with Gasteiger partial charge in [0.25, 0.3) is 0 Å². The van der Waals surface area contributed by atoms with Crippen LogP contribution in [-0.4, -0.2) is 47.4 Å². The highest BCUT2D eigenvalue weighted by Gasteiger charge is 2.41. The number of hydrogen-bond donors (Lipinski definition) is 0. The van der Waals surface area contributed by atoms with E-state index in [1.54, 1.807) is 23.4 Å². The number of sulfone groups is 1. The van der Waals surface area contributed by atoms with Crippen LogP contribution < -0.4 is 0 Å². The van der Waals surface area contributed by atoms with Gasteiger partial charge in [-0.2, -0.15) is 10.2 Å². The Kier molecular flexibility index (Phi) is 5.37. The Morgan fingerprint density at radius 2 is 2.19 bits per heavy atom. The second kappa shape index (κ2) is 7.54. The van der Waals surface area contributed by atoms with E-state index in [1.807, 2.05) is 6.07 Å². The third-order valence-corrected chi connectivity index (χ3v) is 6.59. The average Bonchev–Trinajstić information content (AvgIpc) is 3.32. The second-order valence-electron chi connectivity index (χ2n) is 6.83. The SMILES string of the molecule is C#CCCC1(CCC(=O)N(Cc2cccnc2)C2CCS(=O)(=O)C2)N=N1. The smallest absolute Gasteiger partial charge is 0.223 e. The quantitative estimate of drug-likeness (QED) is 0.650. The van der Waals surface area contributed by atoms with Crippen LogP contribution in [0, 0.1) is 12.3 Å². The lowest BCUT2D eigenvalue weighted by atomic mass is 10.0. The highest BCUT2D eigenvalue weighted by molar-refractivity contribution is 7.91. The van der Waals surface area contributed by atoms with Crippen LogP contribution in [0.1, 0.15) is 37.7 Å². The number of rotatable bonds is 8. The molecule has 0 radical (unpaired) electrons. The largest absolute Gasteiger partial charge is 0.334 e. The van der Waals surface area contributed by atoms with Crippen molar-refractivity contribution in [3.05, 3.63) is 30.1 Å². The van der Waals surface area contributed by atoms with Crippen LogP contribution in [-0.2, 0) is 21.2 Å². The van der Waals surface area contributed by atoms with Crippen molar-refractivity contribution in [3.63, 3.8) is 0 Å². The summed E-state index contributed by atoms with van der Waals surface area (Å²) in [7, 11) is -3.08. The van der Waals surface area contributed by atoms with Crippen molar-refractivity contribution in [2.75, 3.05) is 11.5 Å². The number of carbonyl (C=O) groups excluding carboxylic acids is 1. The molecule has 138 valence electrons. The molecule has 3 rings (SSSR count). The molecule has 1 unspecified atom stereocenters. The van der Waals surface area contributed by atoms with Crippen molar-refractivity contribution >= 4 is 15.7 Å². The third kappa shape index (κ3) is 4.67. The van der Waals surface area contributed by atoms with Crippen LogP contribution in [0.4, 0.5) is 0 Å². The first kappa shape index (κ1) is 18.5. The first-order chi connectivity index (χ1) is 12.4. The predicted molar refractivity (Wildman–Crippen MR) is 96.7 cm³/mol. The number of nitrogens with zero attached hydrogens (tertiary/aromatic N) is 4. The zero-order chi connectivity index (χ0) is 18.6. The molecule has 3 heterocycles. The molecule has 1 amide bonds. The number of aromatic nitrogens is 1. The molecule has 1 fully saturated rings. The van der Waals surface area contributed by atoms with Crippen LogP contribution in [0.3, 0.4) is 0 Å². The van der Waals surface area contributed by atoms with Gasteiger partial charge in [-0.15, -0.1) is 12.3 Å². The summed E-state index contributed by atoms with van der Waals surface area (Å²) in [5.41, 5.74) is 0.372. The normalized spacial score (nSPS) is 21.9. The minimum atomic E-state index is -3.08. The standard InChI is InChI=1S/C18H22N4O3S/c1-2-3-8-18(20-21-18)9-6-17(23)22(13-15-5-4-10-19-12-15)16-7-11-26(24,25)14-16/h1,4-5,10,12,16H,3,6-9,11,13-14H2. The maximum absolute atomic E-state index is 12.9. The lowest BCUT2D eigenvalue weighted by Crippen LogP contribution is -2.41. The molecule has 26 heavy (non-hydrogen) atoms. The Labute approximate surface area is 153 Å². The first-order valence-corrected chi connectivity index (χ1v) is 10.5. The third-order valence-electron chi connectivity index (χ3n) is 4.84. The molecular weight excluding hydrogens is 352 g/mol. The minimum Gasteiger partial charge on any atom is -0.334 e. The van der Waals surface area contributed by atoms with Gasteiger partial charge in [0, 0.05) is 50.7 Å². The summed E-state index contributed by atoms with van der Waals surface area (Å²) in [4.78, 5) is 18.6. The monoisotopic (exact) mass is 374 g/mol. The fourth-order valence-electron chi connectivity index (χ4n) is 3.25. The molecule has 2 aliphatic heterocycles. The Morgan fingerprint density at radius 3 is 2.77 bits per heavy atom. The van der Waals surface area contributed by atoms with E-state index in [-0.39, 0.29) is 29.9 Å². The summed E-state index contributed by atoms with van der Waals surface area (Å²) in [5.74, 6) is 2.65. The van der Waals surface area contributed by atoms with Crippen molar-refractivity contribution < 1.29 is 13.2 Å². The van der Waals surface area contributed by atoms with Crippen LogP contribution in [0.15, 0.2) is 34.8 Å². The van der Waals surface area contributed by atoms with E-state index in [2.05, 4.69) is 21.1 Å². The number of amides is 1. The van der Waals surface area contributed by atoms with Crippen molar-refractivity contribution in [3.8, 4) is 12.3 Å². The average molecular weight is 374 g/mol. The topological polar surface area (TPSA) is 92.1 Å². The van der Waals surface area contributed by atoms with Gasteiger partial charge < -0.3 is 4.90 Å². The van der Waals surface area contributed by atoms with Gasteiger partial charge in [0.05, 0.1) is 11.5 Å². The summed E-state index contributed by atoms with van der Waals surface area (Å²) < 4.78 is 23.7. The van der Waals surface area contributed by atoms with E-state index >= 15 is 0 Å². The molecule has 1 aromatic rings. The number of hydrogen-bond acceptors (Lipinski definition) is 6. The number of terminal acetylenes is 1. The summed E-state index contributed by atoms with van der Waals surface area (Å²) in [5, 5.41) is 8.12. The van der Waals surface area contributed by atoms with E-state index < -0.39 is 15.5 Å². The van der Waals surface area contributed by atoms with Gasteiger partial charge in [0.1, 0.15) is 0 Å². The van der Waals surface area contributed by atoms with Crippen molar-refractivity contribution in [2.45, 2.75) is 50.4 Å². The van der Waals surface area contributed by atoms with Gasteiger partial charge in [0.2, 0.25) is 5.91 Å². The first-order valence-electron chi connectivity index (χ1n) is 8.69. The lowest BCUT2D eigenvalue weighted by Gasteiger charge is -2.28. The molecule has 0 saturated carbocycles. The summed E-state index contributed by atoms with van der Waals surface area (Å²) in [6.07, 6.45) is 11.1. The molecule has 1 saturated heterocycles. The fraction of sp³-hybridized carbons (Fsp3) is 0.556. The number of carbonyl (C=O) groups is 1. The van der Waals surface area contributed by atoms with Crippen molar-refractivity contribution in [1.82, 2.24) is 9.88 Å². The molecule has 0 aromatic carbocycles. The summed E-state index contributed by atoms with van der Waals surface area (Å²) in [6.45, 7) is 0.360. The van der Waals surface area contributed by atoms with Crippen LogP contribution in [0.5, 0.6) is 0 Å². The molecule has 1 aromatic heterocycles. The Balaban J connectivity index is 1.66. The Morgan fingerprint density at radius 1 is 1.38 bits per heavy atom. The van der Waals surface area contributed by atoms with Gasteiger partial charge >= 0.3 is 0 Å². The van der Waals surface area contributed by atoms with E-state index in [4.69, 9.17) is 6.42 Å². The molecular formula is C18H22N4O3S. The molecule has 0 aliphatic carbocycles. The van der Waals surface area contributed by atoms with Gasteiger partial charge in [-0.3, -0.25) is 9.78 Å². The van der Waals surface area contributed by atoms with E-state index in [0.717, 1.165) is 5.56 Å². The molecule has 0 N–H and O–H groups in total. The number of pyridine rings is 1. The minimum absolute atomic E-state index is 0.0238. The Hall–Kier alpha value is -2.27. The second-order valence-corrected chi connectivity index (χ2v) is 9.06. The van der Waals surface area contributed by atoms with Crippen LogP contribution in [0.2, 0.25) is 0 Å². The van der Waals surface area contributed by atoms with E-state index in [0.29, 0.717) is 32.2 Å². The molecule has 0 bridgehead atoms. The molecule has 0 spiro atoms. The van der Waals surface area contributed by atoms with E-state index in [9.17, 15) is 13.2 Å². The summed E-state index contributed by atoms with van der Waals surface area (Å²) in [6, 6.07) is 3.40. The molecule has 2 aliphatic rings. The van der Waals surface area contributed by atoms with Gasteiger partial charge in [-0.05, 0) is 18.1 Å². The van der Waals surface area contributed by atoms with Gasteiger partial charge in [-0.1, -0.05) is 6.07 Å². The van der Waals surface area contributed by atoms with Crippen LogP contribution in [0.25, 0.3) is 0 Å². The van der Waals surface area contributed by atoms with Crippen molar-refractivity contribution in [2.24, 2.45) is 10.2 Å². The maximum atomic E-state index is 12.9. The van der Waals surface area contributed by atoms with Gasteiger partial charge in [0.15, 0.2) is 15.5 Å². The van der Waals surface area contributed by atoms with Gasteiger partial charge in [-0.25, -0.2) is 8.42 Å². The van der Waals surface area contributed by atoms with Crippen LogP contribution >= 0.6 is 0 Å². The fourth-order valence-corrected chi connectivity index (χ4v) is 4.98. The molecule has 7 nitrogen and oxygen atoms in total. The highest BCUT2D eigenvalue weighted by atomic mass is 32.2. The maximum Gasteiger partial charge on any atom is 0.223 e. The Bertz CT molecular complexity index is 824. The lowest BCUT2D eigenvalue weighted by molar-refractivity contribution is -0.134. The summed E-state index contributed by atoms with van der Waals surface area (Å²) >= 11 is 0. The zero-order valence-corrected chi connectivity index (χ0v) is 15.4. The van der Waals surface area contributed by atoms with E-state index in [1.165, 1.54) is 0 Å². The zero-order valence-electron chi connectivity index (χ0n) is 14.5. The predicted octanol–water partition coefficient (Wildman–Crippen LogP) is 1.95. The van der Waals surface area contributed by atoms with Crippen molar-refractivity contribution in [1.29, 1.82) is 0 Å². The molecule has 8 heteroatoms. The molecule has 1 atom stereocenters.